The minimum Gasteiger partial charge on any atom is -0.382 e. The number of imidazole rings is 1. The molecule has 2 atom stereocenters. The molecular weight excluding hydrogens is 494 g/mol. The van der Waals surface area contributed by atoms with Crippen molar-refractivity contribution in [3.8, 4) is 11.3 Å². The van der Waals surface area contributed by atoms with Crippen LogP contribution in [0.4, 0.5) is 29.3 Å². The summed E-state index contributed by atoms with van der Waals surface area (Å²) in [7, 11) is 0. The molecule has 3 N–H and O–H groups in total. The third-order valence-electron chi connectivity index (χ3n) is 7.00. The summed E-state index contributed by atoms with van der Waals surface area (Å²) in [4.78, 5) is 15.0. The summed E-state index contributed by atoms with van der Waals surface area (Å²) in [6.45, 7) is 3.26. The van der Waals surface area contributed by atoms with Crippen LogP contribution < -0.4 is 11.1 Å². The van der Waals surface area contributed by atoms with E-state index in [4.69, 9.17) is 10.5 Å². The number of nitrogens with two attached hydrogens (primary N) is 1. The average molecular weight is 520 g/mol. The molecule has 0 unspecified atom stereocenters. The molecule has 196 valence electrons. The van der Waals surface area contributed by atoms with E-state index < -0.39 is 31.0 Å². The summed E-state index contributed by atoms with van der Waals surface area (Å²) >= 11 is 0. The zero-order valence-corrected chi connectivity index (χ0v) is 19.9. The van der Waals surface area contributed by atoms with Crippen LogP contribution in [0.15, 0.2) is 18.3 Å². The minimum atomic E-state index is -2.60. The number of anilines is 2. The number of aromatic nitrogens is 6. The molecule has 2 fully saturated rings. The lowest BCUT2D eigenvalue weighted by atomic mass is 10.0. The quantitative estimate of drug-likeness (QED) is 0.374. The van der Waals surface area contributed by atoms with Crippen molar-refractivity contribution in [3.05, 3.63) is 30.0 Å². The van der Waals surface area contributed by atoms with Crippen LogP contribution in [-0.4, -0.2) is 85.0 Å². The molecule has 14 heteroatoms. The van der Waals surface area contributed by atoms with E-state index in [9.17, 15) is 13.2 Å². The Morgan fingerprint density at radius 3 is 2.73 bits per heavy atom. The van der Waals surface area contributed by atoms with Crippen LogP contribution in [0.3, 0.4) is 0 Å². The zero-order valence-electron chi connectivity index (χ0n) is 19.9. The minimum absolute atomic E-state index is 0.0324. The van der Waals surface area contributed by atoms with Gasteiger partial charge in [0.25, 0.3) is 6.43 Å². The van der Waals surface area contributed by atoms with Crippen molar-refractivity contribution in [1.29, 1.82) is 0 Å². The van der Waals surface area contributed by atoms with E-state index in [0.717, 1.165) is 6.20 Å². The van der Waals surface area contributed by atoms with E-state index in [1.54, 1.807) is 19.1 Å². The maximum Gasteiger partial charge on any atom is 0.256 e. The Bertz CT molecular complexity index is 1470. The summed E-state index contributed by atoms with van der Waals surface area (Å²) in [6, 6.07) is 2.87. The van der Waals surface area contributed by atoms with Crippen molar-refractivity contribution in [3.63, 3.8) is 0 Å². The first kappa shape index (κ1) is 23.9. The SMILES string of the molecule is Cc1nc2ccc(-c3c(F)cn4nc(N[C@H]5CCN(C6COC6)C[C@H]5F)nc(N)c34)nc2n1CC(F)F. The summed E-state index contributed by atoms with van der Waals surface area (Å²) in [6.07, 6.45) is -2.08. The van der Waals surface area contributed by atoms with E-state index >= 15 is 4.39 Å². The van der Waals surface area contributed by atoms with Gasteiger partial charge in [-0.15, -0.1) is 5.10 Å². The van der Waals surface area contributed by atoms with Crippen molar-refractivity contribution in [2.75, 3.05) is 37.4 Å². The third kappa shape index (κ3) is 4.23. The molecule has 0 spiro atoms. The second kappa shape index (κ2) is 9.10. The van der Waals surface area contributed by atoms with Gasteiger partial charge in [0, 0.05) is 13.1 Å². The van der Waals surface area contributed by atoms with Crippen molar-refractivity contribution < 1.29 is 22.3 Å². The molecule has 2 aliphatic rings. The highest BCUT2D eigenvalue weighted by Gasteiger charge is 2.35. The number of hydrogen-bond acceptors (Lipinski definition) is 8. The zero-order chi connectivity index (χ0) is 25.8. The van der Waals surface area contributed by atoms with Gasteiger partial charge in [0.05, 0.1) is 49.3 Å². The Hall–Kier alpha value is -3.52. The Labute approximate surface area is 208 Å². The van der Waals surface area contributed by atoms with Gasteiger partial charge in [0.15, 0.2) is 17.3 Å². The van der Waals surface area contributed by atoms with E-state index in [0.29, 0.717) is 37.5 Å². The molecule has 4 aromatic rings. The van der Waals surface area contributed by atoms with Crippen molar-refractivity contribution in [2.24, 2.45) is 0 Å². The molecule has 37 heavy (non-hydrogen) atoms. The molecular formula is C23H25F4N9O. The molecule has 6 rings (SSSR count). The lowest BCUT2D eigenvalue weighted by Crippen LogP contribution is -2.57. The highest BCUT2D eigenvalue weighted by molar-refractivity contribution is 5.89. The van der Waals surface area contributed by atoms with Crippen LogP contribution in [0.5, 0.6) is 0 Å². The predicted molar refractivity (Wildman–Crippen MR) is 128 cm³/mol. The highest BCUT2D eigenvalue weighted by Crippen LogP contribution is 2.32. The van der Waals surface area contributed by atoms with E-state index in [2.05, 4.69) is 30.3 Å². The van der Waals surface area contributed by atoms with Crippen LogP contribution in [0.25, 0.3) is 27.9 Å². The van der Waals surface area contributed by atoms with Gasteiger partial charge in [-0.05, 0) is 25.5 Å². The van der Waals surface area contributed by atoms with Gasteiger partial charge >= 0.3 is 0 Å². The first-order valence-corrected chi connectivity index (χ1v) is 12.0. The van der Waals surface area contributed by atoms with Crippen LogP contribution in [0.2, 0.25) is 0 Å². The fraction of sp³-hybridized carbons (Fsp3) is 0.478. The number of hydrogen-bond donors (Lipinski definition) is 2. The normalized spacial score (nSPS) is 21.2. The second-order valence-electron chi connectivity index (χ2n) is 9.41. The number of fused-ring (bicyclic) bond motifs is 2. The van der Waals surface area contributed by atoms with Gasteiger partial charge in [-0.2, -0.15) is 4.98 Å². The Morgan fingerprint density at radius 2 is 2.03 bits per heavy atom. The first-order valence-electron chi connectivity index (χ1n) is 12.0. The van der Waals surface area contributed by atoms with Gasteiger partial charge in [-0.1, -0.05) is 0 Å². The number of aryl methyl sites for hydroxylation is 1. The maximum absolute atomic E-state index is 15.2. The number of nitrogen functional groups attached to an aromatic ring is 1. The summed E-state index contributed by atoms with van der Waals surface area (Å²) < 4.78 is 64.0. The van der Waals surface area contributed by atoms with Gasteiger partial charge in [0.1, 0.15) is 23.0 Å². The van der Waals surface area contributed by atoms with Gasteiger partial charge in [-0.25, -0.2) is 32.0 Å². The summed E-state index contributed by atoms with van der Waals surface area (Å²) in [5, 5.41) is 7.31. The smallest absolute Gasteiger partial charge is 0.256 e. The predicted octanol–water partition coefficient (Wildman–Crippen LogP) is 2.66. The molecule has 0 bridgehead atoms. The number of nitrogens with one attached hydrogen (secondary N) is 1. The molecule has 0 amide bonds. The van der Waals surface area contributed by atoms with Crippen LogP contribution in [0, 0.1) is 12.7 Å². The number of piperidine rings is 1. The standard InChI is InChI=1S/C23H25F4N9O/c1-11-29-17-3-2-16(30-22(17)35(11)8-18(26)27)19-14(25)7-36-20(19)21(28)32-23(33-36)31-15-4-5-34(6-13(15)24)12-9-37-10-12/h2-3,7,12-13,15,18H,4-6,8-10H2,1H3,(H3,28,31,32,33)/t13-,15+/m1/s1. The topological polar surface area (TPSA) is 111 Å². The second-order valence-corrected chi connectivity index (χ2v) is 9.41. The molecule has 4 aromatic heterocycles. The van der Waals surface area contributed by atoms with Crippen molar-refractivity contribution in [1.82, 2.24) is 34.0 Å². The lowest BCUT2D eigenvalue weighted by Gasteiger charge is -2.42. The van der Waals surface area contributed by atoms with Crippen molar-refractivity contribution in [2.45, 2.75) is 44.6 Å². The van der Waals surface area contributed by atoms with Crippen LogP contribution in [-0.2, 0) is 11.3 Å². The molecule has 0 radical (unpaired) electrons. The Kier molecular flexibility index (Phi) is 5.87. The molecule has 6 heterocycles. The number of pyridine rings is 1. The fourth-order valence-corrected chi connectivity index (χ4v) is 5.02. The summed E-state index contributed by atoms with van der Waals surface area (Å²) in [5.74, 6) is -0.247. The van der Waals surface area contributed by atoms with Crippen LogP contribution >= 0.6 is 0 Å². The molecule has 0 saturated carbocycles. The Balaban J connectivity index is 1.30. The molecule has 2 saturated heterocycles. The number of ether oxygens (including phenoxy) is 1. The monoisotopic (exact) mass is 519 g/mol. The summed E-state index contributed by atoms with van der Waals surface area (Å²) in [5.41, 5.74) is 7.21. The maximum atomic E-state index is 15.2. The molecule has 2 aliphatic heterocycles. The number of rotatable bonds is 6. The van der Waals surface area contributed by atoms with Gasteiger partial charge < -0.3 is 20.4 Å². The third-order valence-corrected chi connectivity index (χ3v) is 7.00. The average Bonchev–Trinajstić information content (AvgIpc) is 3.29. The number of likely N-dealkylation sites (tertiary alicyclic amines) is 1. The largest absolute Gasteiger partial charge is 0.382 e. The van der Waals surface area contributed by atoms with Gasteiger partial charge in [0.2, 0.25) is 5.95 Å². The van der Waals surface area contributed by atoms with Gasteiger partial charge in [-0.3, -0.25) is 4.90 Å². The van der Waals surface area contributed by atoms with Crippen LogP contribution in [0.1, 0.15) is 12.2 Å². The number of halogens is 4. The number of alkyl halides is 3. The highest BCUT2D eigenvalue weighted by atomic mass is 19.3. The number of nitrogens with zero attached hydrogens (tertiary/aromatic N) is 7. The van der Waals surface area contributed by atoms with Crippen molar-refractivity contribution >= 4 is 28.4 Å². The van der Waals surface area contributed by atoms with E-state index in [1.165, 1.54) is 9.08 Å². The van der Waals surface area contributed by atoms with E-state index in [-0.39, 0.29) is 46.8 Å². The van der Waals surface area contributed by atoms with E-state index in [1.807, 2.05) is 0 Å². The first-order chi connectivity index (χ1) is 17.8. The molecule has 10 nitrogen and oxygen atoms in total. The lowest BCUT2D eigenvalue weighted by molar-refractivity contribution is -0.0794. The molecule has 0 aliphatic carbocycles. The molecule has 0 aromatic carbocycles. The Morgan fingerprint density at radius 1 is 1.22 bits per heavy atom. The fourth-order valence-electron chi connectivity index (χ4n) is 5.02.